The molecule has 2 aliphatic heterocycles. The van der Waals surface area contributed by atoms with Gasteiger partial charge in [-0.3, -0.25) is 9.36 Å². The molecule has 1 aromatic heterocycles. The molecular weight excluding hydrogens is 368 g/mol. The summed E-state index contributed by atoms with van der Waals surface area (Å²) in [6.45, 7) is 4.29. The quantitative estimate of drug-likeness (QED) is 0.764. The van der Waals surface area contributed by atoms with Crippen LogP contribution in [0.25, 0.3) is 5.88 Å². The molecule has 146 valence electrons. The summed E-state index contributed by atoms with van der Waals surface area (Å²) < 4.78 is 19.0. The monoisotopic (exact) mass is 388 g/mol. The number of ether oxygens (including phenoxy) is 3. The second kappa shape index (κ2) is 6.28. The van der Waals surface area contributed by atoms with Crippen molar-refractivity contribution in [2.45, 2.75) is 32.6 Å². The molecule has 0 radical (unpaired) electrons. The van der Waals surface area contributed by atoms with Gasteiger partial charge in [-0.1, -0.05) is 19.9 Å². The highest BCUT2D eigenvalue weighted by atomic mass is 16.7. The van der Waals surface area contributed by atoms with Gasteiger partial charge < -0.3 is 14.2 Å². The van der Waals surface area contributed by atoms with E-state index in [4.69, 9.17) is 14.2 Å². The van der Waals surface area contributed by atoms with Crippen molar-refractivity contribution in [3.63, 3.8) is 0 Å². The molecular formula is C23H20N2O4. The van der Waals surface area contributed by atoms with Crippen LogP contribution < -0.4 is 9.47 Å². The van der Waals surface area contributed by atoms with E-state index >= 15 is 0 Å². The van der Waals surface area contributed by atoms with E-state index in [0.29, 0.717) is 47.1 Å². The number of nitrogens with zero attached hydrogens (tertiary/aromatic N) is 2. The minimum atomic E-state index is -0.501. The molecule has 0 N–H and O–H groups in total. The third kappa shape index (κ3) is 2.82. The lowest BCUT2D eigenvalue weighted by atomic mass is 9.70. The first kappa shape index (κ1) is 17.6. The first-order valence-corrected chi connectivity index (χ1v) is 9.58. The maximum atomic E-state index is 13.2. The molecule has 6 nitrogen and oxygen atoms in total. The summed E-state index contributed by atoms with van der Waals surface area (Å²) in [7, 11) is 0. The summed E-state index contributed by atoms with van der Waals surface area (Å²) in [5.74, 6) is 1.91. The van der Waals surface area contributed by atoms with Crippen LogP contribution in [0.2, 0.25) is 0 Å². The molecule has 0 saturated heterocycles. The highest BCUT2D eigenvalue weighted by molar-refractivity contribution is 6.00. The van der Waals surface area contributed by atoms with Crippen molar-refractivity contribution in [2.24, 2.45) is 5.41 Å². The number of carbonyl (C=O) groups is 1. The van der Waals surface area contributed by atoms with Crippen molar-refractivity contribution >= 4 is 11.7 Å². The predicted molar refractivity (Wildman–Crippen MR) is 105 cm³/mol. The number of rotatable bonds is 2. The molecule has 0 amide bonds. The number of carbonyl (C=O) groups excluding carboxylic acids is 1. The highest BCUT2D eigenvalue weighted by Crippen LogP contribution is 2.50. The van der Waals surface area contributed by atoms with Crippen molar-refractivity contribution in [3.05, 3.63) is 65.2 Å². The van der Waals surface area contributed by atoms with E-state index in [2.05, 4.69) is 19.9 Å². The number of hydrogen-bond donors (Lipinski definition) is 0. The Morgan fingerprint density at radius 3 is 2.66 bits per heavy atom. The number of allylic oxidation sites excluding steroid dienone is 3. The maximum absolute atomic E-state index is 13.2. The minimum absolute atomic E-state index is 0.0261. The third-order valence-electron chi connectivity index (χ3n) is 5.60. The van der Waals surface area contributed by atoms with Gasteiger partial charge in [-0.25, -0.2) is 0 Å². The smallest absolute Gasteiger partial charge is 0.231 e. The van der Waals surface area contributed by atoms with Crippen LogP contribution in [0.3, 0.4) is 0 Å². The summed E-state index contributed by atoms with van der Waals surface area (Å²) in [6, 6.07) is 11.6. The lowest BCUT2D eigenvalue weighted by Gasteiger charge is -2.38. The summed E-state index contributed by atoms with van der Waals surface area (Å²) in [5, 5.41) is 10.1. The number of hydrogen-bond acceptors (Lipinski definition) is 5. The van der Waals surface area contributed by atoms with Crippen molar-refractivity contribution in [3.8, 4) is 17.6 Å². The zero-order valence-electron chi connectivity index (χ0n) is 16.3. The molecule has 1 aromatic carbocycles. The van der Waals surface area contributed by atoms with Gasteiger partial charge in [0.25, 0.3) is 0 Å². The first-order valence-electron chi connectivity index (χ1n) is 9.58. The van der Waals surface area contributed by atoms with Crippen LogP contribution in [-0.4, -0.2) is 17.1 Å². The van der Waals surface area contributed by atoms with Crippen LogP contribution in [0.5, 0.6) is 11.5 Å². The Morgan fingerprint density at radius 1 is 1.14 bits per heavy atom. The molecule has 0 spiro atoms. The van der Waals surface area contributed by atoms with Gasteiger partial charge in [0.1, 0.15) is 17.4 Å². The Kier molecular flexibility index (Phi) is 3.82. The fourth-order valence-electron chi connectivity index (χ4n) is 4.33. The Morgan fingerprint density at radius 2 is 1.90 bits per heavy atom. The minimum Gasteiger partial charge on any atom is -0.454 e. The Bertz CT molecular complexity index is 1120. The molecule has 2 aromatic rings. The van der Waals surface area contributed by atoms with Crippen molar-refractivity contribution < 1.29 is 19.0 Å². The van der Waals surface area contributed by atoms with Gasteiger partial charge in [-0.15, -0.1) is 0 Å². The summed E-state index contributed by atoms with van der Waals surface area (Å²) in [6.07, 6.45) is 4.74. The summed E-state index contributed by atoms with van der Waals surface area (Å²) in [4.78, 5) is 13.2. The molecule has 3 heterocycles. The number of nitriles is 1. The highest BCUT2D eigenvalue weighted by Gasteiger charge is 2.44. The van der Waals surface area contributed by atoms with Gasteiger partial charge in [0, 0.05) is 30.8 Å². The molecule has 5 rings (SSSR count). The lowest BCUT2D eigenvalue weighted by molar-refractivity contribution is -0.118. The SMILES string of the molecule is CC1(C)CC(=O)C2=C(C1)OC(n1cccc1)=C(C#N)[C@H]2c1ccc2c(c1)OCO2. The number of Topliss-reactive ketones (excluding diaryl/α,β-unsaturated/α-hetero) is 1. The van der Waals surface area contributed by atoms with Crippen LogP contribution in [0.15, 0.2) is 59.6 Å². The Hall–Kier alpha value is -3.46. The van der Waals surface area contributed by atoms with Gasteiger partial charge in [-0.05, 0) is 35.2 Å². The largest absolute Gasteiger partial charge is 0.454 e. The van der Waals surface area contributed by atoms with Crippen LogP contribution in [-0.2, 0) is 9.53 Å². The van der Waals surface area contributed by atoms with E-state index in [0.717, 1.165) is 5.56 Å². The molecule has 0 saturated carbocycles. The zero-order valence-corrected chi connectivity index (χ0v) is 16.3. The molecule has 29 heavy (non-hydrogen) atoms. The average Bonchev–Trinajstić information content (AvgIpc) is 3.36. The molecule has 1 aliphatic carbocycles. The second-order valence-electron chi connectivity index (χ2n) is 8.35. The fourth-order valence-corrected chi connectivity index (χ4v) is 4.33. The van der Waals surface area contributed by atoms with Crippen molar-refractivity contribution in [2.75, 3.05) is 6.79 Å². The molecule has 3 aliphatic rings. The number of ketones is 1. The molecule has 0 fully saturated rings. The number of benzene rings is 1. The van der Waals surface area contributed by atoms with Crippen molar-refractivity contribution in [1.29, 1.82) is 5.26 Å². The lowest BCUT2D eigenvalue weighted by Crippen LogP contribution is -2.32. The maximum Gasteiger partial charge on any atom is 0.231 e. The molecule has 0 bridgehead atoms. The van der Waals surface area contributed by atoms with E-state index < -0.39 is 5.92 Å². The topological polar surface area (TPSA) is 73.5 Å². The first-order chi connectivity index (χ1) is 14.0. The van der Waals surface area contributed by atoms with E-state index in [9.17, 15) is 10.1 Å². The standard InChI is InChI=1S/C23H20N2O4/c1-23(2)10-16(26)21-19(11-23)29-22(25-7-3-4-8-25)15(12-24)20(21)14-5-6-17-18(9-14)28-13-27-17/h3-9,20H,10-11,13H2,1-2H3/t20-/m1/s1. The van der Waals surface area contributed by atoms with Gasteiger partial charge >= 0.3 is 0 Å². The Balaban J connectivity index is 1.72. The second-order valence-corrected chi connectivity index (χ2v) is 8.35. The fraction of sp³-hybridized carbons (Fsp3) is 0.304. The molecule has 1 atom stereocenters. The van der Waals surface area contributed by atoms with E-state index in [1.807, 2.05) is 42.7 Å². The summed E-state index contributed by atoms with van der Waals surface area (Å²) >= 11 is 0. The third-order valence-corrected chi connectivity index (χ3v) is 5.60. The van der Waals surface area contributed by atoms with Gasteiger partial charge in [0.2, 0.25) is 12.7 Å². The Labute approximate surface area is 168 Å². The van der Waals surface area contributed by atoms with E-state index in [1.54, 1.807) is 4.57 Å². The van der Waals surface area contributed by atoms with E-state index in [-0.39, 0.29) is 18.0 Å². The van der Waals surface area contributed by atoms with Crippen LogP contribution in [0, 0.1) is 16.7 Å². The number of aromatic nitrogens is 1. The van der Waals surface area contributed by atoms with Gasteiger partial charge in [-0.2, -0.15) is 5.26 Å². The molecule has 6 heteroatoms. The zero-order chi connectivity index (χ0) is 20.2. The summed E-state index contributed by atoms with van der Waals surface area (Å²) in [5.41, 5.74) is 1.61. The predicted octanol–water partition coefficient (Wildman–Crippen LogP) is 4.37. The van der Waals surface area contributed by atoms with E-state index in [1.165, 1.54) is 0 Å². The van der Waals surface area contributed by atoms with Crippen LogP contribution in [0.4, 0.5) is 0 Å². The van der Waals surface area contributed by atoms with Crippen molar-refractivity contribution in [1.82, 2.24) is 4.57 Å². The average molecular weight is 388 g/mol. The van der Waals surface area contributed by atoms with Gasteiger partial charge in [0.05, 0.1) is 5.92 Å². The van der Waals surface area contributed by atoms with Crippen LogP contribution >= 0.6 is 0 Å². The number of fused-ring (bicyclic) bond motifs is 1. The normalized spacial score (nSPS) is 22.2. The van der Waals surface area contributed by atoms with Gasteiger partial charge in [0.15, 0.2) is 17.3 Å². The molecule has 0 unspecified atom stereocenters. The van der Waals surface area contributed by atoms with Crippen LogP contribution in [0.1, 0.15) is 38.2 Å².